The van der Waals surface area contributed by atoms with E-state index in [2.05, 4.69) is 0 Å². The van der Waals surface area contributed by atoms with Gasteiger partial charge in [-0.15, -0.1) is 0 Å². The molecule has 0 heterocycles. The van der Waals surface area contributed by atoms with E-state index in [1.165, 1.54) is 0 Å². The number of nitrogens with two attached hydrogens (primary N) is 2. The van der Waals surface area contributed by atoms with Crippen LogP contribution in [0.2, 0.25) is 0 Å². The third kappa shape index (κ3) is 4.31. The van der Waals surface area contributed by atoms with Gasteiger partial charge in [-0.2, -0.15) is 0 Å². The van der Waals surface area contributed by atoms with Gasteiger partial charge < -0.3 is 16.2 Å². The van der Waals surface area contributed by atoms with E-state index in [1.807, 2.05) is 6.08 Å². The summed E-state index contributed by atoms with van der Waals surface area (Å²) in [7, 11) is 0. The number of primary amides is 1. The largest absolute Gasteiger partial charge is 0.489 e. The van der Waals surface area contributed by atoms with Crippen molar-refractivity contribution in [3.63, 3.8) is 0 Å². The first-order chi connectivity index (χ1) is 12.8. The lowest BCUT2D eigenvalue weighted by Gasteiger charge is -2.29. The summed E-state index contributed by atoms with van der Waals surface area (Å²) < 4.78 is 46.3. The molecule has 2 aromatic carbocycles. The second-order valence-electron chi connectivity index (χ2n) is 6.54. The molecule has 1 aliphatic rings. The zero-order valence-corrected chi connectivity index (χ0v) is 14.4. The molecule has 1 amide bonds. The molecule has 1 aliphatic carbocycles. The van der Waals surface area contributed by atoms with Gasteiger partial charge in [-0.05, 0) is 48.2 Å². The molecule has 7 heteroatoms. The molecule has 4 nitrogen and oxygen atoms in total. The van der Waals surface area contributed by atoms with Gasteiger partial charge in [0.25, 0.3) is 0 Å². The minimum absolute atomic E-state index is 0.0757. The Hall–Kier alpha value is -2.80. The van der Waals surface area contributed by atoms with Crippen molar-refractivity contribution in [2.24, 2.45) is 11.5 Å². The summed E-state index contributed by atoms with van der Waals surface area (Å²) in [6.07, 6.45) is 2.69. The Bertz CT molecular complexity index is 899. The first kappa shape index (κ1) is 19.0. The maximum absolute atomic E-state index is 14.0. The summed E-state index contributed by atoms with van der Waals surface area (Å²) in [6.45, 7) is 0.253. The zero-order valence-electron chi connectivity index (χ0n) is 14.4. The van der Waals surface area contributed by atoms with Crippen LogP contribution in [-0.2, 0) is 0 Å². The molecule has 2 unspecified atom stereocenters. The Balaban J connectivity index is 1.68. The van der Waals surface area contributed by atoms with Crippen LogP contribution in [0.15, 0.2) is 48.0 Å². The Labute approximate surface area is 154 Å². The van der Waals surface area contributed by atoms with Crippen molar-refractivity contribution in [3.05, 3.63) is 76.6 Å². The molecular weight excluding hydrogens is 357 g/mol. The van der Waals surface area contributed by atoms with Crippen LogP contribution in [0.4, 0.5) is 13.2 Å². The molecule has 2 aromatic rings. The summed E-state index contributed by atoms with van der Waals surface area (Å²) in [5.41, 5.74) is 12.7. The third-order valence-electron chi connectivity index (χ3n) is 4.66. The highest BCUT2D eigenvalue weighted by Crippen LogP contribution is 2.34. The van der Waals surface area contributed by atoms with E-state index >= 15 is 0 Å². The molecule has 4 N–H and O–H groups in total. The molecule has 0 aromatic heterocycles. The molecule has 27 heavy (non-hydrogen) atoms. The summed E-state index contributed by atoms with van der Waals surface area (Å²) in [4.78, 5) is 11.2. The second kappa shape index (κ2) is 7.84. The van der Waals surface area contributed by atoms with Crippen LogP contribution < -0.4 is 16.2 Å². The molecule has 0 radical (unpaired) electrons. The lowest BCUT2D eigenvalue weighted by molar-refractivity contribution is 0.1000. The average Bonchev–Trinajstić information content (AvgIpc) is 2.64. The SMILES string of the molecule is NC(=O)c1cccc(OCC2=CCC(c3cc(F)c(F)cc3F)C(N)C2)c1. The van der Waals surface area contributed by atoms with Crippen molar-refractivity contribution in [2.75, 3.05) is 6.61 Å². The van der Waals surface area contributed by atoms with Crippen molar-refractivity contribution in [2.45, 2.75) is 24.8 Å². The van der Waals surface area contributed by atoms with Gasteiger partial charge in [-0.25, -0.2) is 13.2 Å². The van der Waals surface area contributed by atoms with Gasteiger partial charge >= 0.3 is 0 Å². The summed E-state index contributed by atoms with van der Waals surface area (Å²) in [5.74, 6) is -3.60. The van der Waals surface area contributed by atoms with Crippen LogP contribution in [0.1, 0.15) is 34.7 Å². The number of carbonyl (C=O) groups excluding carboxylic acids is 1. The van der Waals surface area contributed by atoms with E-state index < -0.39 is 35.3 Å². The molecule has 142 valence electrons. The third-order valence-corrected chi connectivity index (χ3v) is 4.66. The Morgan fingerprint density at radius 3 is 2.56 bits per heavy atom. The fourth-order valence-electron chi connectivity index (χ4n) is 3.21. The summed E-state index contributed by atoms with van der Waals surface area (Å²) >= 11 is 0. The summed E-state index contributed by atoms with van der Waals surface area (Å²) in [6, 6.07) is 7.47. The Morgan fingerprint density at radius 2 is 1.85 bits per heavy atom. The number of halogens is 3. The number of amides is 1. The van der Waals surface area contributed by atoms with Gasteiger partial charge in [0.1, 0.15) is 18.2 Å². The predicted molar refractivity (Wildman–Crippen MR) is 94.8 cm³/mol. The highest BCUT2D eigenvalue weighted by Gasteiger charge is 2.28. The molecule has 0 saturated carbocycles. The number of allylic oxidation sites excluding steroid dienone is 1. The van der Waals surface area contributed by atoms with Crippen LogP contribution >= 0.6 is 0 Å². The van der Waals surface area contributed by atoms with Crippen LogP contribution in [0, 0.1) is 17.5 Å². The van der Waals surface area contributed by atoms with Gasteiger partial charge in [-0.3, -0.25) is 4.79 Å². The van der Waals surface area contributed by atoms with E-state index in [-0.39, 0.29) is 12.2 Å². The quantitative estimate of drug-likeness (QED) is 0.620. The standard InChI is InChI=1S/C20H19F3N2O2/c21-16-9-18(23)17(22)8-15(16)14-5-4-11(6-19(14)24)10-27-13-3-1-2-12(7-13)20(25)26/h1-4,7-9,14,19H,5-6,10,24H2,(H2,25,26). The predicted octanol–water partition coefficient (Wildman–Crippen LogP) is 3.41. The molecule has 0 saturated heterocycles. The number of ether oxygens (including phenoxy) is 1. The van der Waals surface area contributed by atoms with Gasteiger partial charge in [0.05, 0.1) is 0 Å². The monoisotopic (exact) mass is 376 g/mol. The van der Waals surface area contributed by atoms with E-state index in [9.17, 15) is 18.0 Å². The fraction of sp³-hybridized carbons (Fsp3) is 0.250. The number of hydrogen-bond donors (Lipinski definition) is 2. The molecule has 0 bridgehead atoms. The van der Waals surface area contributed by atoms with Crippen LogP contribution in [0.5, 0.6) is 5.75 Å². The Kier molecular flexibility index (Phi) is 5.51. The van der Waals surface area contributed by atoms with Crippen LogP contribution in [0.25, 0.3) is 0 Å². The van der Waals surface area contributed by atoms with E-state index in [0.29, 0.717) is 30.2 Å². The highest BCUT2D eigenvalue weighted by molar-refractivity contribution is 5.93. The molecule has 0 spiro atoms. The van der Waals surface area contributed by atoms with Crippen molar-refractivity contribution in [3.8, 4) is 5.75 Å². The van der Waals surface area contributed by atoms with Gasteiger partial charge in [-0.1, -0.05) is 12.1 Å². The van der Waals surface area contributed by atoms with Crippen molar-refractivity contribution >= 4 is 5.91 Å². The fourth-order valence-corrected chi connectivity index (χ4v) is 3.21. The first-order valence-electron chi connectivity index (χ1n) is 8.45. The molecule has 3 rings (SSSR count). The van der Waals surface area contributed by atoms with Crippen molar-refractivity contribution in [1.82, 2.24) is 0 Å². The minimum atomic E-state index is -1.22. The maximum atomic E-state index is 14.0. The molecule has 2 atom stereocenters. The van der Waals surface area contributed by atoms with Crippen LogP contribution in [0.3, 0.4) is 0 Å². The van der Waals surface area contributed by atoms with Crippen LogP contribution in [-0.4, -0.2) is 18.6 Å². The normalized spacial score (nSPS) is 19.5. The highest BCUT2D eigenvalue weighted by atomic mass is 19.2. The summed E-state index contributed by atoms with van der Waals surface area (Å²) in [5, 5.41) is 0. The Morgan fingerprint density at radius 1 is 1.11 bits per heavy atom. The smallest absolute Gasteiger partial charge is 0.248 e. The maximum Gasteiger partial charge on any atom is 0.248 e. The van der Waals surface area contributed by atoms with Gasteiger partial charge in [0, 0.05) is 23.6 Å². The molecule has 0 fully saturated rings. The lowest BCUT2D eigenvalue weighted by atomic mass is 9.81. The second-order valence-corrected chi connectivity index (χ2v) is 6.54. The van der Waals surface area contributed by atoms with E-state index in [4.69, 9.17) is 16.2 Å². The minimum Gasteiger partial charge on any atom is -0.489 e. The molecular formula is C20H19F3N2O2. The molecule has 0 aliphatic heterocycles. The average molecular weight is 376 g/mol. The zero-order chi connectivity index (χ0) is 19.6. The van der Waals surface area contributed by atoms with Gasteiger partial charge in [0.2, 0.25) is 5.91 Å². The van der Waals surface area contributed by atoms with Crippen molar-refractivity contribution < 1.29 is 22.7 Å². The van der Waals surface area contributed by atoms with E-state index in [1.54, 1.807) is 24.3 Å². The first-order valence-corrected chi connectivity index (χ1v) is 8.45. The number of hydrogen-bond acceptors (Lipinski definition) is 3. The lowest BCUT2D eigenvalue weighted by Crippen LogP contribution is -2.33. The van der Waals surface area contributed by atoms with Crippen molar-refractivity contribution in [1.29, 1.82) is 0 Å². The van der Waals surface area contributed by atoms with E-state index in [0.717, 1.165) is 11.6 Å². The van der Waals surface area contributed by atoms with Gasteiger partial charge in [0.15, 0.2) is 11.6 Å². The number of carbonyl (C=O) groups is 1. The number of benzene rings is 2. The number of rotatable bonds is 5. The topological polar surface area (TPSA) is 78.3 Å².